The molecule has 0 aliphatic heterocycles. The van der Waals surface area contributed by atoms with Gasteiger partial charge in [-0.3, -0.25) is 14.4 Å². The van der Waals surface area contributed by atoms with E-state index in [4.69, 9.17) is 14.2 Å². The highest BCUT2D eigenvalue weighted by molar-refractivity contribution is 5.72. The monoisotopic (exact) mass is 1160 g/mol. The molecule has 0 rings (SSSR count). The summed E-state index contributed by atoms with van der Waals surface area (Å²) in [5.74, 6) is -1.02. The Labute approximate surface area is 515 Å². The van der Waals surface area contributed by atoms with Crippen LogP contribution in [0.25, 0.3) is 0 Å². The smallest absolute Gasteiger partial charge is 0.309 e. The van der Waals surface area contributed by atoms with Crippen LogP contribution in [0.2, 0.25) is 0 Å². The average molecular weight is 1160 g/mol. The zero-order valence-corrected chi connectivity index (χ0v) is 55.2. The number of carbonyl (C=O) groups excluding carboxylic acids is 3. The number of ether oxygens (including phenoxy) is 3. The van der Waals surface area contributed by atoms with Crippen molar-refractivity contribution in [1.82, 2.24) is 0 Å². The summed E-state index contributed by atoms with van der Waals surface area (Å²) in [4.78, 5) is 38.3. The molecule has 0 spiro atoms. The second-order valence-electron chi connectivity index (χ2n) is 24.1. The lowest BCUT2D eigenvalue weighted by Crippen LogP contribution is -2.30. The third-order valence-electron chi connectivity index (χ3n) is 15.9. The van der Waals surface area contributed by atoms with Crippen molar-refractivity contribution in [1.29, 1.82) is 0 Å². The van der Waals surface area contributed by atoms with Crippen molar-refractivity contribution in [3.63, 3.8) is 0 Å². The average Bonchev–Trinajstić information content (AvgIpc) is 3.49. The zero-order chi connectivity index (χ0) is 59.9. The molecule has 0 aliphatic rings. The second-order valence-corrected chi connectivity index (χ2v) is 24.1. The molecule has 0 bridgehead atoms. The number of rotatable bonds is 66. The van der Waals surface area contributed by atoms with E-state index in [1.807, 2.05) is 12.2 Å². The van der Waals surface area contributed by atoms with Crippen LogP contribution in [0.1, 0.15) is 367 Å². The minimum atomic E-state index is -0.815. The summed E-state index contributed by atoms with van der Waals surface area (Å²) in [6.45, 7) is 6.48. The Morgan fingerprint density at radius 1 is 0.265 bits per heavy atom. The maximum Gasteiger partial charge on any atom is 0.309 e. The van der Waals surface area contributed by atoms with Gasteiger partial charge in [0.1, 0.15) is 13.2 Å². The molecule has 0 heterocycles. The van der Waals surface area contributed by atoms with Gasteiger partial charge in [0.25, 0.3) is 0 Å². The first-order valence-corrected chi connectivity index (χ1v) is 36.1. The van der Waals surface area contributed by atoms with Gasteiger partial charge in [-0.2, -0.15) is 0 Å². The maximum absolute atomic E-state index is 12.9. The summed E-state index contributed by atoms with van der Waals surface area (Å²) in [7, 11) is 0. The predicted molar refractivity (Wildman–Crippen MR) is 362 cm³/mol. The number of hydrogen-bond donors (Lipinski definition) is 0. The van der Waals surface area contributed by atoms with E-state index < -0.39 is 12.1 Å². The third kappa shape index (κ3) is 69.3. The molecule has 1 unspecified atom stereocenters. The van der Waals surface area contributed by atoms with E-state index in [1.165, 1.54) is 250 Å². The van der Waals surface area contributed by atoms with Crippen molar-refractivity contribution in [2.75, 3.05) is 13.2 Å². The van der Waals surface area contributed by atoms with Gasteiger partial charge in [0.15, 0.2) is 6.10 Å². The largest absolute Gasteiger partial charge is 0.462 e. The van der Waals surface area contributed by atoms with Crippen molar-refractivity contribution in [2.45, 2.75) is 374 Å². The van der Waals surface area contributed by atoms with E-state index in [2.05, 4.69) is 93.7 Å². The Morgan fingerprint density at radius 3 is 0.843 bits per heavy atom. The predicted octanol–water partition coefficient (Wildman–Crippen LogP) is 25.0. The molecule has 0 saturated heterocycles. The lowest BCUT2D eigenvalue weighted by Gasteiger charge is -2.18. The highest BCUT2D eigenvalue weighted by Crippen LogP contribution is 2.18. The van der Waals surface area contributed by atoms with Crippen LogP contribution in [0.3, 0.4) is 0 Å². The molecule has 0 aromatic rings. The van der Waals surface area contributed by atoms with Gasteiger partial charge >= 0.3 is 17.9 Å². The van der Waals surface area contributed by atoms with Crippen molar-refractivity contribution in [3.05, 3.63) is 85.1 Å². The zero-order valence-electron chi connectivity index (χ0n) is 55.2. The van der Waals surface area contributed by atoms with Crippen LogP contribution < -0.4 is 0 Å². The highest BCUT2D eigenvalue weighted by atomic mass is 16.6. The van der Waals surface area contributed by atoms with E-state index in [0.717, 1.165) is 77.0 Å². The van der Waals surface area contributed by atoms with Crippen LogP contribution in [0.5, 0.6) is 0 Å². The third-order valence-corrected chi connectivity index (χ3v) is 15.9. The number of unbranched alkanes of at least 4 members (excludes halogenated alkanes) is 42. The van der Waals surface area contributed by atoms with Crippen LogP contribution in [-0.2, 0) is 28.6 Å². The van der Waals surface area contributed by atoms with Crippen LogP contribution >= 0.6 is 0 Å². The summed E-state index contributed by atoms with van der Waals surface area (Å²) in [6, 6.07) is 0. The molecule has 1 atom stereocenters. The first-order valence-electron chi connectivity index (χ1n) is 36.1. The summed E-state index contributed by atoms with van der Waals surface area (Å²) < 4.78 is 16.9. The van der Waals surface area contributed by atoms with Crippen molar-refractivity contribution in [3.8, 4) is 0 Å². The van der Waals surface area contributed by atoms with Gasteiger partial charge in [0.2, 0.25) is 0 Å². The molecule has 0 aromatic carbocycles. The fraction of sp³-hybridized carbons (Fsp3) is 0.779. The molecular weight excluding hydrogens is 1020 g/mol. The van der Waals surface area contributed by atoms with E-state index in [0.29, 0.717) is 12.8 Å². The van der Waals surface area contributed by atoms with Gasteiger partial charge in [-0.15, -0.1) is 0 Å². The normalized spacial score (nSPS) is 12.6. The van der Waals surface area contributed by atoms with Gasteiger partial charge < -0.3 is 14.2 Å². The molecule has 0 radical (unpaired) electrons. The summed E-state index contributed by atoms with van der Waals surface area (Å²) in [5, 5.41) is 0. The van der Waals surface area contributed by atoms with Crippen LogP contribution in [-0.4, -0.2) is 37.2 Å². The minimum absolute atomic E-state index is 0.101. The fourth-order valence-corrected chi connectivity index (χ4v) is 10.6. The summed E-state index contributed by atoms with van der Waals surface area (Å²) in [5.41, 5.74) is 0. The Bertz CT molecular complexity index is 1570. The topological polar surface area (TPSA) is 78.9 Å². The highest BCUT2D eigenvalue weighted by Gasteiger charge is 2.19. The standard InChI is InChI=1S/C77H136O6/c1-4-7-10-13-16-19-22-25-28-30-31-32-33-34-35-36-37-38-39-40-41-42-43-44-45-47-49-52-55-58-61-64-67-70-76(79)82-73-74(72-81-75(78)69-66-63-60-57-54-51-48-27-24-21-18-15-12-9-6-3)83-77(80)71-68-65-62-59-56-53-50-46-29-26-23-20-17-14-11-8-5-2/h9,12,18,21-22,25,27,30-31,48,54,57,63,66,74H,4-8,10-11,13-17,19-20,23-24,26,28-29,32-47,49-53,55-56,58-62,64-65,67-73H2,1-3H3/b12-9-,21-18-,25-22-,31-30-,48-27-,57-54-,66-63-. The number of carbonyl (C=O) groups is 3. The molecule has 0 saturated carbocycles. The van der Waals surface area contributed by atoms with E-state index in [9.17, 15) is 14.4 Å². The second kappa shape index (κ2) is 71.1. The van der Waals surface area contributed by atoms with Gasteiger partial charge in [-0.25, -0.2) is 0 Å². The van der Waals surface area contributed by atoms with Gasteiger partial charge in [-0.05, 0) is 77.0 Å². The molecule has 0 aromatic heterocycles. The van der Waals surface area contributed by atoms with Crippen molar-refractivity contribution < 1.29 is 28.6 Å². The quantitative estimate of drug-likeness (QED) is 0.0261. The molecule has 0 fully saturated rings. The minimum Gasteiger partial charge on any atom is -0.462 e. The maximum atomic E-state index is 12.9. The lowest BCUT2D eigenvalue weighted by molar-refractivity contribution is -0.166. The van der Waals surface area contributed by atoms with Crippen LogP contribution in [0.15, 0.2) is 85.1 Å². The van der Waals surface area contributed by atoms with E-state index in [1.54, 1.807) is 0 Å². The Morgan fingerprint density at radius 2 is 0.518 bits per heavy atom. The van der Waals surface area contributed by atoms with E-state index in [-0.39, 0.29) is 31.6 Å². The number of esters is 3. The van der Waals surface area contributed by atoms with Crippen molar-refractivity contribution in [2.24, 2.45) is 0 Å². The van der Waals surface area contributed by atoms with E-state index >= 15 is 0 Å². The first kappa shape index (κ1) is 79.6. The SMILES string of the molecule is CC/C=C\C/C=C\C/C=C\C/C=C\C/C=C\CC(=O)OCC(COC(=O)CCCCCCCCCCCCCCCCCCCCCCC/C=C\C/C=C\CCCCCCC)OC(=O)CCCCCCCCCCCCCCCCCCC. The first-order chi connectivity index (χ1) is 41.0. The molecule has 0 N–H and O–H groups in total. The van der Waals surface area contributed by atoms with Gasteiger partial charge in [-0.1, -0.05) is 356 Å². The molecule has 0 aliphatic carbocycles. The Balaban J connectivity index is 4.20. The molecule has 83 heavy (non-hydrogen) atoms. The molecular formula is C77H136O6. The lowest BCUT2D eigenvalue weighted by atomic mass is 10.0. The summed E-state index contributed by atoms with van der Waals surface area (Å²) in [6.07, 6.45) is 95.2. The van der Waals surface area contributed by atoms with Crippen LogP contribution in [0.4, 0.5) is 0 Å². The Hall–Kier alpha value is -3.41. The molecule has 6 heteroatoms. The summed E-state index contributed by atoms with van der Waals surface area (Å²) >= 11 is 0. The van der Waals surface area contributed by atoms with Gasteiger partial charge in [0, 0.05) is 12.8 Å². The Kier molecular flexibility index (Phi) is 68.2. The molecule has 480 valence electrons. The number of hydrogen-bond acceptors (Lipinski definition) is 6. The molecule has 6 nitrogen and oxygen atoms in total. The van der Waals surface area contributed by atoms with Crippen LogP contribution in [0, 0.1) is 0 Å². The molecule has 0 amide bonds. The van der Waals surface area contributed by atoms with Crippen molar-refractivity contribution >= 4 is 17.9 Å². The van der Waals surface area contributed by atoms with Gasteiger partial charge in [0.05, 0.1) is 6.42 Å². The fourth-order valence-electron chi connectivity index (χ4n) is 10.6. The number of allylic oxidation sites excluding steroid dienone is 13.